The number of carbonyl (C=O) groups excluding carboxylic acids is 1. The van der Waals surface area contributed by atoms with Gasteiger partial charge >= 0.3 is 6.03 Å². The standard InChI is InChI=1S/C16H17N5O2/c1-11-2-5-13(23-11)10-20(12-3-4-12)16(22)19-15-6-8-17-14-7-9-18-21(14)15/h2,5-9,12H,3-4,10H2,1H3,(H,19,22). The quantitative estimate of drug-likeness (QED) is 0.804. The Balaban J connectivity index is 1.55. The topological polar surface area (TPSA) is 75.7 Å². The Hall–Kier alpha value is -2.83. The molecule has 0 saturated heterocycles. The molecular weight excluding hydrogens is 294 g/mol. The number of fused-ring (bicyclic) bond motifs is 1. The highest BCUT2D eigenvalue weighted by atomic mass is 16.3. The van der Waals surface area contributed by atoms with E-state index in [9.17, 15) is 4.79 Å². The van der Waals surface area contributed by atoms with E-state index in [0.29, 0.717) is 18.0 Å². The highest BCUT2D eigenvalue weighted by Gasteiger charge is 2.33. The third-order valence-electron chi connectivity index (χ3n) is 3.90. The minimum absolute atomic E-state index is 0.149. The first-order valence-corrected chi connectivity index (χ1v) is 7.62. The maximum absolute atomic E-state index is 12.7. The van der Waals surface area contributed by atoms with Gasteiger partial charge in [0.1, 0.15) is 17.3 Å². The fourth-order valence-electron chi connectivity index (χ4n) is 2.60. The number of aryl methyl sites for hydroxylation is 1. The summed E-state index contributed by atoms with van der Waals surface area (Å²) in [6.07, 6.45) is 5.37. The van der Waals surface area contributed by atoms with Gasteiger partial charge in [0.15, 0.2) is 5.65 Å². The largest absolute Gasteiger partial charge is 0.464 e. The molecule has 0 radical (unpaired) electrons. The first-order chi connectivity index (χ1) is 11.2. The molecule has 7 nitrogen and oxygen atoms in total. The van der Waals surface area contributed by atoms with Crippen molar-refractivity contribution in [2.24, 2.45) is 0 Å². The van der Waals surface area contributed by atoms with E-state index in [2.05, 4.69) is 15.4 Å². The number of carbonyl (C=O) groups is 1. The molecule has 0 aliphatic heterocycles. The molecule has 4 rings (SSSR count). The zero-order valence-corrected chi connectivity index (χ0v) is 12.8. The summed E-state index contributed by atoms with van der Waals surface area (Å²) in [6, 6.07) is 7.48. The molecule has 23 heavy (non-hydrogen) atoms. The molecule has 1 aliphatic carbocycles. The van der Waals surface area contributed by atoms with Gasteiger partial charge in [-0.15, -0.1) is 0 Å². The lowest BCUT2D eigenvalue weighted by atomic mass is 10.4. The lowest BCUT2D eigenvalue weighted by Gasteiger charge is -2.21. The summed E-state index contributed by atoms with van der Waals surface area (Å²) in [5.74, 6) is 2.25. The molecule has 3 heterocycles. The Morgan fingerprint density at radius 2 is 2.22 bits per heavy atom. The fourth-order valence-corrected chi connectivity index (χ4v) is 2.60. The molecule has 0 atom stereocenters. The van der Waals surface area contributed by atoms with Crippen LogP contribution in [0.2, 0.25) is 0 Å². The Morgan fingerprint density at radius 1 is 1.35 bits per heavy atom. The molecule has 1 aliphatic rings. The summed E-state index contributed by atoms with van der Waals surface area (Å²) in [5.41, 5.74) is 0.697. The summed E-state index contributed by atoms with van der Waals surface area (Å²) in [6.45, 7) is 2.37. The number of hydrogen-bond donors (Lipinski definition) is 1. The highest BCUT2D eigenvalue weighted by molar-refractivity contribution is 5.89. The number of anilines is 1. The predicted molar refractivity (Wildman–Crippen MR) is 84.0 cm³/mol. The van der Waals surface area contributed by atoms with Crippen molar-refractivity contribution in [3.8, 4) is 0 Å². The van der Waals surface area contributed by atoms with Crippen LogP contribution in [0.1, 0.15) is 24.4 Å². The van der Waals surface area contributed by atoms with E-state index in [4.69, 9.17) is 4.42 Å². The lowest BCUT2D eigenvalue weighted by molar-refractivity contribution is 0.200. The molecule has 3 aromatic heterocycles. The van der Waals surface area contributed by atoms with Gasteiger partial charge in [-0.25, -0.2) is 9.78 Å². The second-order valence-electron chi connectivity index (χ2n) is 5.73. The first kappa shape index (κ1) is 13.8. The summed E-state index contributed by atoms with van der Waals surface area (Å²) in [4.78, 5) is 18.7. The van der Waals surface area contributed by atoms with Crippen molar-refractivity contribution in [3.63, 3.8) is 0 Å². The van der Waals surface area contributed by atoms with Crippen LogP contribution in [0.15, 0.2) is 41.1 Å². The SMILES string of the molecule is Cc1ccc(CN(C(=O)Nc2ccnc3ccnn23)C2CC2)o1. The monoisotopic (exact) mass is 311 g/mol. The number of rotatable bonds is 4. The molecule has 1 fully saturated rings. The normalized spacial score (nSPS) is 14.1. The van der Waals surface area contributed by atoms with Gasteiger partial charge in [-0.2, -0.15) is 9.61 Å². The summed E-state index contributed by atoms with van der Waals surface area (Å²) >= 11 is 0. The molecule has 0 spiro atoms. The second kappa shape index (κ2) is 5.42. The molecule has 2 amide bonds. The van der Waals surface area contributed by atoms with Crippen LogP contribution < -0.4 is 5.32 Å². The van der Waals surface area contributed by atoms with E-state index >= 15 is 0 Å². The summed E-state index contributed by atoms with van der Waals surface area (Å²) in [7, 11) is 0. The van der Waals surface area contributed by atoms with Crippen molar-refractivity contribution in [3.05, 3.63) is 48.2 Å². The molecule has 0 aromatic carbocycles. The van der Waals surface area contributed by atoms with Crippen LogP contribution in [0.25, 0.3) is 5.65 Å². The average molecular weight is 311 g/mol. The van der Waals surface area contributed by atoms with Crippen molar-refractivity contribution in [1.82, 2.24) is 19.5 Å². The van der Waals surface area contributed by atoms with Crippen LogP contribution in [0.3, 0.4) is 0 Å². The second-order valence-corrected chi connectivity index (χ2v) is 5.73. The number of hydrogen-bond acceptors (Lipinski definition) is 4. The van der Waals surface area contributed by atoms with Gasteiger partial charge in [0, 0.05) is 18.3 Å². The number of urea groups is 1. The predicted octanol–water partition coefficient (Wildman–Crippen LogP) is 2.83. The Bertz CT molecular complexity index is 849. The maximum Gasteiger partial charge on any atom is 0.323 e. The maximum atomic E-state index is 12.7. The fraction of sp³-hybridized carbons (Fsp3) is 0.312. The molecular formula is C16H17N5O2. The number of aromatic nitrogens is 3. The van der Waals surface area contributed by atoms with E-state index in [1.165, 1.54) is 0 Å². The number of amides is 2. The third-order valence-corrected chi connectivity index (χ3v) is 3.90. The average Bonchev–Trinajstić information content (AvgIpc) is 3.10. The van der Waals surface area contributed by atoms with E-state index < -0.39 is 0 Å². The number of furan rings is 1. The van der Waals surface area contributed by atoms with Crippen LogP contribution in [0.5, 0.6) is 0 Å². The molecule has 0 unspecified atom stereocenters. The van der Waals surface area contributed by atoms with E-state index in [1.54, 1.807) is 29.0 Å². The Kier molecular flexibility index (Phi) is 3.25. The van der Waals surface area contributed by atoms with E-state index in [1.807, 2.05) is 24.0 Å². The van der Waals surface area contributed by atoms with Crippen molar-refractivity contribution < 1.29 is 9.21 Å². The summed E-state index contributed by atoms with van der Waals surface area (Å²) < 4.78 is 7.21. The Morgan fingerprint density at radius 3 is 2.96 bits per heavy atom. The van der Waals surface area contributed by atoms with Gasteiger partial charge in [-0.1, -0.05) is 0 Å². The van der Waals surface area contributed by atoms with Gasteiger partial charge in [-0.05, 0) is 38.0 Å². The Labute approximate surface area is 132 Å². The van der Waals surface area contributed by atoms with Gasteiger partial charge in [0.05, 0.1) is 12.7 Å². The first-order valence-electron chi connectivity index (χ1n) is 7.62. The van der Waals surface area contributed by atoms with Crippen molar-refractivity contribution in [1.29, 1.82) is 0 Å². The van der Waals surface area contributed by atoms with Crippen molar-refractivity contribution in [2.75, 3.05) is 5.32 Å². The molecule has 1 saturated carbocycles. The minimum Gasteiger partial charge on any atom is -0.464 e. The highest BCUT2D eigenvalue weighted by Crippen LogP contribution is 2.29. The van der Waals surface area contributed by atoms with Crippen molar-refractivity contribution >= 4 is 17.5 Å². The molecule has 3 aromatic rings. The number of nitrogens with one attached hydrogen (secondary N) is 1. The van der Waals surface area contributed by atoms with Crippen LogP contribution >= 0.6 is 0 Å². The molecule has 118 valence electrons. The van der Waals surface area contributed by atoms with Crippen LogP contribution in [-0.2, 0) is 6.54 Å². The van der Waals surface area contributed by atoms with E-state index in [0.717, 1.165) is 24.4 Å². The number of nitrogens with zero attached hydrogens (tertiary/aromatic N) is 4. The van der Waals surface area contributed by atoms with Gasteiger partial charge in [0.2, 0.25) is 0 Å². The molecule has 7 heteroatoms. The van der Waals surface area contributed by atoms with Gasteiger partial charge in [0.25, 0.3) is 0 Å². The van der Waals surface area contributed by atoms with Crippen LogP contribution in [0.4, 0.5) is 10.6 Å². The van der Waals surface area contributed by atoms with Gasteiger partial charge in [-0.3, -0.25) is 5.32 Å². The van der Waals surface area contributed by atoms with E-state index in [-0.39, 0.29) is 12.1 Å². The minimum atomic E-state index is -0.149. The zero-order valence-electron chi connectivity index (χ0n) is 12.8. The zero-order chi connectivity index (χ0) is 15.8. The molecule has 1 N–H and O–H groups in total. The smallest absolute Gasteiger partial charge is 0.323 e. The van der Waals surface area contributed by atoms with Crippen LogP contribution in [0, 0.1) is 6.92 Å². The summed E-state index contributed by atoms with van der Waals surface area (Å²) in [5, 5.41) is 7.11. The third kappa shape index (κ3) is 2.77. The van der Waals surface area contributed by atoms with Gasteiger partial charge < -0.3 is 9.32 Å². The molecule has 0 bridgehead atoms. The lowest BCUT2D eigenvalue weighted by Crippen LogP contribution is -2.36. The van der Waals surface area contributed by atoms with Crippen molar-refractivity contribution in [2.45, 2.75) is 32.4 Å². The van der Waals surface area contributed by atoms with Crippen LogP contribution in [-0.4, -0.2) is 31.6 Å².